The zero-order valence-corrected chi connectivity index (χ0v) is 33.0. The lowest BCUT2D eigenvalue weighted by Crippen LogP contribution is -2.14. The summed E-state index contributed by atoms with van der Waals surface area (Å²) < 4.78 is 0. The van der Waals surface area contributed by atoms with Gasteiger partial charge < -0.3 is 0 Å². The molecule has 59 heavy (non-hydrogen) atoms. The van der Waals surface area contributed by atoms with Crippen LogP contribution >= 0.6 is 0 Å². The fourth-order valence-corrected chi connectivity index (χ4v) is 9.25. The number of nitrogens with zero attached hydrogens (tertiary/aromatic N) is 2. The molecular formula is C57H40N2. The van der Waals surface area contributed by atoms with Gasteiger partial charge in [0.2, 0.25) is 0 Å². The van der Waals surface area contributed by atoms with Crippen LogP contribution < -0.4 is 0 Å². The van der Waals surface area contributed by atoms with Crippen molar-refractivity contribution in [1.82, 2.24) is 9.97 Å². The first-order valence-corrected chi connectivity index (χ1v) is 20.4. The molecule has 0 aliphatic heterocycles. The predicted octanol–water partition coefficient (Wildman–Crippen LogP) is 15.1. The number of aromatic nitrogens is 2. The molecule has 2 nitrogen and oxygen atoms in total. The van der Waals surface area contributed by atoms with E-state index in [1.165, 1.54) is 71.8 Å². The number of benzene rings is 9. The summed E-state index contributed by atoms with van der Waals surface area (Å²) in [5, 5.41) is 4.83. The maximum atomic E-state index is 5.23. The van der Waals surface area contributed by atoms with E-state index in [9.17, 15) is 0 Å². The Kier molecular flexibility index (Phi) is 8.20. The van der Waals surface area contributed by atoms with E-state index in [0.29, 0.717) is 5.82 Å². The lowest BCUT2D eigenvalue weighted by molar-refractivity contribution is 0.660. The number of fused-ring (bicyclic) bond motifs is 5. The molecule has 0 N–H and O–H groups in total. The van der Waals surface area contributed by atoms with Gasteiger partial charge in [0, 0.05) is 22.1 Å². The van der Waals surface area contributed by atoms with Crippen molar-refractivity contribution >= 4 is 21.5 Å². The highest BCUT2D eigenvalue weighted by atomic mass is 14.9. The Bertz CT molecular complexity index is 3210. The summed E-state index contributed by atoms with van der Waals surface area (Å²) in [4.78, 5) is 10.4. The van der Waals surface area contributed by atoms with Crippen LogP contribution in [0.15, 0.2) is 206 Å². The van der Waals surface area contributed by atoms with Crippen molar-refractivity contribution in [2.24, 2.45) is 0 Å². The van der Waals surface area contributed by atoms with Crippen molar-refractivity contribution in [3.8, 4) is 78.4 Å². The van der Waals surface area contributed by atoms with Crippen LogP contribution in [0, 0.1) is 0 Å². The summed E-state index contributed by atoms with van der Waals surface area (Å²) in [6.07, 6.45) is 0. The minimum Gasteiger partial charge on any atom is -0.228 e. The predicted molar refractivity (Wildman–Crippen MR) is 247 cm³/mol. The van der Waals surface area contributed by atoms with Gasteiger partial charge in [0.25, 0.3) is 0 Å². The summed E-state index contributed by atoms with van der Waals surface area (Å²) in [7, 11) is 0. The molecule has 0 saturated heterocycles. The molecule has 1 aromatic heterocycles. The third-order valence-electron chi connectivity index (χ3n) is 12.3. The van der Waals surface area contributed by atoms with Gasteiger partial charge >= 0.3 is 0 Å². The summed E-state index contributed by atoms with van der Waals surface area (Å²) >= 11 is 0. The van der Waals surface area contributed by atoms with Crippen LogP contribution in [0.2, 0.25) is 0 Å². The smallest absolute Gasteiger partial charge is 0.160 e. The average Bonchev–Trinajstić information content (AvgIpc) is 3.54. The van der Waals surface area contributed by atoms with Gasteiger partial charge in [-0.25, -0.2) is 9.97 Å². The maximum Gasteiger partial charge on any atom is 0.160 e. The van der Waals surface area contributed by atoms with Gasteiger partial charge in [-0.1, -0.05) is 208 Å². The molecule has 11 rings (SSSR count). The molecule has 0 amide bonds. The molecule has 0 unspecified atom stereocenters. The van der Waals surface area contributed by atoms with Gasteiger partial charge in [0.15, 0.2) is 5.82 Å². The zero-order valence-electron chi connectivity index (χ0n) is 33.0. The molecule has 10 aromatic rings. The van der Waals surface area contributed by atoms with Gasteiger partial charge in [-0.2, -0.15) is 0 Å². The van der Waals surface area contributed by atoms with E-state index in [0.717, 1.165) is 33.5 Å². The number of hydrogen-bond donors (Lipinski definition) is 0. The van der Waals surface area contributed by atoms with Crippen molar-refractivity contribution in [2.45, 2.75) is 19.3 Å². The quantitative estimate of drug-likeness (QED) is 0.169. The van der Waals surface area contributed by atoms with E-state index in [4.69, 9.17) is 9.97 Å². The van der Waals surface area contributed by atoms with E-state index in [-0.39, 0.29) is 5.41 Å². The second-order valence-corrected chi connectivity index (χ2v) is 16.1. The molecule has 2 heteroatoms. The van der Waals surface area contributed by atoms with Gasteiger partial charge in [-0.15, -0.1) is 0 Å². The van der Waals surface area contributed by atoms with Crippen LogP contribution in [0.5, 0.6) is 0 Å². The highest BCUT2D eigenvalue weighted by Crippen LogP contribution is 2.52. The maximum absolute atomic E-state index is 5.23. The number of hydrogen-bond acceptors (Lipinski definition) is 2. The molecule has 0 saturated carbocycles. The van der Waals surface area contributed by atoms with Crippen LogP contribution in [0.3, 0.4) is 0 Å². The number of rotatable bonds is 6. The Morgan fingerprint density at radius 2 is 0.881 bits per heavy atom. The molecule has 9 aromatic carbocycles. The fourth-order valence-electron chi connectivity index (χ4n) is 9.25. The summed E-state index contributed by atoms with van der Waals surface area (Å²) in [6, 6.07) is 74.4. The first-order valence-electron chi connectivity index (χ1n) is 20.4. The van der Waals surface area contributed by atoms with Gasteiger partial charge in [-0.05, 0) is 89.3 Å². The lowest BCUT2D eigenvalue weighted by atomic mass is 9.82. The monoisotopic (exact) mass is 752 g/mol. The first kappa shape index (κ1) is 34.8. The average molecular weight is 753 g/mol. The summed E-state index contributed by atoms with van der Waals surface area (Å²) in [6.45, 7) is 4.68. The van der Waals surface area contributed by atoms with Crippen LogP contribution in [0.25, 0.3) is 100.0 Å². The largest absolute Gasteiger partial charge is 0.228 e. The SMILES string of the molecule is CC1(C)c2ccccc2-c2c(-c3ccc(-c4ccc(-c5cc(-c6ccc(-c7ccc8ccccc8c7)cc6)nc(-c6ccccc6)n5)c5ccccc45)cc3)cccc21. The lowest BCUT2D eigenvalue weighted by Gasteiger charge is -2.21. The first-order chi connectivity index (χ1) is 29.0. The van der Waals surface area contributed by atoms with E-state index >= 15 is 0 Å². The van der Waals surface area contributed by atoms with E-state index < -0.39 is 0 Å². The highest BCUT2D eigenvalue weighted by Gasteiger charge is 2.36. The highest BCUT2D eigenvalue weighted by molar-refractivity contribution is 6.05. The van der Waals surface area contributed by atoms with Crippen molar-refractivity contribution in [3.05, 3.63) is 217 Å². The summed E-state index contributed by atoms with van der Waals surface area (Å²) in [5.74, 6) is 0.707. The van der Waals surface area contributed by atoms with E-state index in [1.807, 2.05) is 18.2 Å². The molecule has 0 atom stereocenters. The van der Waals surface area contributed by atoms with Crippen LogP contribution in [0.1, 0.15) is 25.0 Å². The third kappa shape index (κ3) is 5.96. The van der Waals surface area contributed by atoms with Crippen LogP contribution in [-0.2, 0) is 5.41 Å². The van der Waals surface area contributed by atoms with Crippen molar-refractivity contribution < 1.29 is 0 Å². The van der Waals surface area contributed by atoms with Crippen LogP contribution in [0.4, 0.5) is 0 Å². The Hall–Kier alpha value is -7.42. The summed E-state index contributed by atoms with van der Waals surface area (Å²) in [5.41, 5.74) is 17.6. The topological polar surface area (TPSA) is 25.8 Å². The van der Waals surface area contributed by atoms with E-state index in [2.05, 4.69) is 202 Å². The minimum absolute atomic E-state index is 0.0299. The van der Waals surface area contributed by atoms with Gasteiger partial charge in [0.1, 0.15) is 0 Å². The Balaban J connectivity index is 0.979. The standard InChI is InChI=1S/C57H40N2/c1-57(2)51-21-11-10-19-50(51)55-46(20-12-22-52(55)57)40-28-26-39(27-29-40)45-33-34-49(48-18-9-8-17-47(45)48)54-36-53(58-56(59-54)42-14-4-3-5-15-42)41-30-23-38(24-31-41)44-32-25-37-13-6-7-16-43(37)35-44/h3-36H,1-2H3. The molecule has 278 valence electrons. The van der Waals surface area contributed by atoms with Crippen molar-refractivity contribution in [2.75, 3.05) is 0 Å². The Labute approximate surface area is 345 Å². The van der Waals surface area contributed by atoms with Crippen molar-refractivity contribution in [3.63, 3.8) is 0 Å². The second kappa shape index (κ2) is 13.9. The molecule has 1 aliphatic carbocycles. The van der Waals surface area contributed by atoms with Crippen LogP contribution in [-0.4, -0.2) is 9.97 Å². The minimum atomic E-state index is -0.0299. The van der Waals surface area contributed by atoms with Crippen molar-refractivity contribution in [1.29, 1.82) is 0 Å². The molecule has 0 fully saturated rings. The molecule has 1 aliphatic rings. The van der Waals surface area contributed by atoms with Gasteiger partial charge in [0.05, 0.1) is 11.4 Å². The molecule has 0 radical (unpaired) electrons. The fraction of sp³-hybridized carbons (Fsp3) is 0.0526. The Morgan fingerprint density at radius 1 is 0.322 bits per heavy atom. The molecular weight excluding hydrogens is 713 g/mol. The molecule has 0 bridgehead atoms. The second-order valence-electron chi connectivity index (χ2n) is 16.1. The molecule has 1 heterocycles. The zero-order chi connectivity index (χ0) is 39.5. The normalized spacial score (nSPS) is 12.7. The molecule has 0 spiro atoms. The van der Waals surface area contributed by atoms with E-state index in [1.54, 1.807) is 0 Å². The van der Waals surface area contributed by atoms with Gasteiger partial charge in [-0.3, -0.25) is 0 Å². The third-order valence-corrected chi connectivity index (χ3v) is 12.3. The Morgan fingerprint density at radius 3 is 1.68 bits per heavy atom.